The number of ketones is 1. The molecule has 0 bridgehead atoms. The molecule has 0 aliphatic heterocycles. The van der Waals surface area contributed by atoms with E-state index in [1.54, 1.807) is 0 Å². The van der Waals surface area contributed by atoms with Crippen molar-refractivity contribution in [3.8, 4) is 0 Å². The lowest BCUT2D eigenvalue weighted by Crippen LogP contribution is -2.57. The molecule has 4 rings (SSSR count). The lowest BCUT2D eigenvalue weighted by Gasteiger charge is -2.59. The summed E-state index contributed by atoms with van der Waals surface area (Å²) in [7, 11) is 0. The standard InChI is InChI=1S/C20H29FO3/c1-19-6-5-13(22)8-12(19)3-4-14-15-7-11(10-21)18(24)20(15,2)9-16(23)17(14)19/h8,11,14-18,23-24H,3-7,9-10H2,1-2H3/t11-,14-,15-,16-,17+,18+,19-,20-/m0/s1. The van der Waals surface area contributed by atoms with Crippen LogP contribution in [0.2, 0.25) is 0 Å². The SMILES string of the molecule is C[C@]12C[C@H](O)[C@H]3[C@@H](CCC4=CC(=O)CC[C@@]43C)[C@@H]1C[C@@H](CF)[C@H]2O. The summed E-state index contributed by atoms with van der Waals surface area (Å²) in [5, 5.41) is 21.7. The molecule has 3 fully saturated rings. The van der Waals surface area contributed by atoms with Crippen molar-refractivity contribution in [2.45, 2.75) is 64.6 Å². The molecule has 0 aromatic heterocycles. The monoisotopic (exact) mass is 336 g/mol. The highest BCUT2D eigenvalue weighted by Gasteiger charge is 2.63. The highest BCUT2D eigenvalue weighted by Crippen LogP contribution is 2.66. The molecule has 0 radical (unpaired) electrons. The molecule has 8 atom stereocenters. The van der Waals surface area contributed by atoms with Crippen LogP contribution in [0.3, 0.4) is 0 Å². The van der Waals surface area contributed by atoms with E-state index in [9.17, 15) is 19.4 Å². The first-order valence-electron chi connectivity index (χ1n) is 9.47. The number of aliphatic hydroxyl groups excluding tert-OH is 2. The average Bonchev–Trinajstić information content (AvgIpc) is 2.79. The average molecular weight is 336 g/mol. The molecule has 0 aromatic rings. The van der Waals surface area contributed by atoms with Gasteiger partial charge in [-0.3, -0.25) is 9.18 Å². The van der Waals surface area contributed by atoms with Gasteiger partial charge in [-0.25, -0.2) is 0 Å². The van der Waals surface area contributed by atoms with Gasteiger partial charge in [-0.2, -0.15) is 0 Å². The van der Waals surface area contributed by atoms with Crippen LogP contribution in [0.4, 0.5) is 4.39 Å². The number of allylic oxidation sites excluding steroid dienone is 1. The van der Waals surface area contributed by atoms with Crippen molar-refractivity contribution >= 4 is 5.78 Å². The minimum atomic E-state index is -0.652. The number of rotatable bonds is 1. The van der Waals surface area contributed by atoms with Crippen molar-refractivity contribution < 1.29 is 19.4 Å². The first-order chi connectivity index (χ1) is 11.3. The van der Waals surface area contributed by atoms with Crippen molar-refractivity contribution in [3.05, 3.63) is 11.6 Å². The molecule has 0 saturated heterocycles. The zero-order valence-corrected chi connectivity index (χ0v) is 14.7. The van der Waals surface area contributed by atoms with E-state index in [4.69, 9.17) is 0 Å². The normalized spacial score (nSPS) is 53.9. The van der Waals surface area contributed by atoms with Crippen LogP contribution in [0.5, 0.6) is 0 Å². The van der Waals surface area contributed by atoms with Crippen LogP contribution in [0, 0.1) is 34.5 Å². The number of carbonyl (C=O) groups excluding carboxylic acids is 1. The molecule has 2 N–H and O–H groups in total. The van der Waals surface area contributed by atoms with Gasteiger partial charge in [0.1, 0.15) is 0 Å². The lowest BCUT2D eigenvalue weighted by molar-refractivity contribution is -0.143. The Morgan fingerprint density at radius 2 is 2.04 bits per heavy atom. The van der Waals surface area contributed by atoms with E-state index in [0.29, 0.717) is 18.8 Å². The number of alkyl halides is 1. The number of fused-ring (bicyclic) bond motifs is 5. The molecular formula is C20H29FO3. The fourth-order valence-electron chi connectivity index (χ4n) is 6.99. The van der Waals surface area contributed by atoms with Gasteiger partial charge in [-0.1, -0.05) is 19.4 Å². The Balaban J connectivity index is 1.73. The largest absolute Gasteiger partial charge is 0.393 e. The molecule has 4 heteroatoms. The van der Waals surface area contributed by atoms with Gasteiger partial charge in [-0.05, 0) is 66.8 Å². The second-order valence-corrected chi connectivity index (χ2v) is 9.26. The summed E-state index contributed by atoms with van der Waals surface area (Å²) in [5.41, 5.74) is 0.721. The molecule has 0 amide bonds. The summed E-state index contributed by atoms with van der Waals surface area (Å²) >= 11 is 0. The van der Waals surface area contributed by atoms with E-state index >= 15 is 0 Å². The van der Waals surface area contributed by atoms with Gasteiger partial charge in [0.25, 0.3) is 0 Å². The minimum Gasteiger partial charge on any atom is -0.393 e. The molecule has 4 aliphatic carbocycles. The quantitative estimate of drug-likeness (QED) is 0.774. The zero-order valence-electron chi connectivity index (χ0n) is 14.7. The van der Waals surface area contributed by atoms with Crippen molar-refractivity contribution in [1.29, 1.82) is 0 Å². The fraction of sp³-hybridized carbons (Fsp3) is 0.850. The molecule has 0 spiro atoms. The number of halogens is 1. The van der Waals surface area contributed by atoms with Crippen molar-refractivity contribution in [2.24, 2.45) is 34.5 Å². The smallest absolute Gasteiger partial charge is 0.155 e. The zero-order chi connectivity index (χ0) is 17.3. The Morgan fingerprint density at radius 3 is 2.75 bits per heavy atom. The Kier molecular flexibility index (Phi) is 3.74. The summed E-state index contributed by atoms with van der Waals surface area (Å²) in [6, 6.07) is 0. The van der Waals surface area contributed by atoms with Crippen LogP contribution < -0.4 is 0 Å². The number of hydrogen-bond donors (Lipinski definition) is 2. The first-order valence-corrected chi connectivity index (χ1v) is 9.47. The summed E-state index contributed by atoms with van der Waals surface area (Å²) in [4.78, 5) is 11.8. The molecule has 134 valence electrons. The third-order valence-electron chi connectivity index (χ3n) is 8.21. The first kappa shape index (κ1) is 16.7. The van der Waals surface area contributed by atoms with Gasteiger partial charge in [0.15, 0.2) is 5.78 Å². The van der Waals surface area contributed by atoms with Gasteiger partial charge < -0.3 is 10.2 Å². The Labute approximate surface area is 143 Å². The maximum absolute atomic E-state index is 13.4. The maximum Gasteiger partial charge on any atom is 0.155 e. The highest BCUT2D eigenvalue weighted by molar-refractivity contribution is 5.91. The number of hydrogen-bond acceptors (Lipinski definition) is 3. The topological polar surface area (TPSA) is 57.5 Å². The van der Waals surface area contributed by atoms with Crippen LogP contribution in [0.1, 0.15) is 52.4 Å². The maximum atomic E-state index is 13.4. The summed E-state index contributed by atoms with van der Waals surface area (Å²) in [6.07, 6.45) is 5.20. The van der Waals surface area contributed by atoms with Crippen LogP contribution in [0.25, 0.3) is 0 Å². The summed E-state index contributed by atoms with van der Waals surface area (Å²) in [6.45, 7) is 3.79. The van der Waals surface area contributed by atoms with E-state index < -0.39 is 18.9 Å². The van der Waals surface area contributed by atoms with E-state index in [2.05, 4.69) is 13.8 Å². The van der Waals surface area contributed by atoms with Crippen LogP contribution in [0.15, 0.2) is 11.6 Å². The summed E-state index contributed by atoms with van der Waals surface area (Å²) in [5.74, 6) is 0.653. The Morgan fingerprint density at radius 1 is 1.29 bits per heavy atom. The fourth-order valence-corrected chi connectivity index (χ4v) is 6.99. The van der Waals surface area contributed by atoms with E-state index in [0.717, 1.165) is 25.7 Å². The number of aliphatic hydroxyl groups is 2. The second kappa shape index (κ2) is 5.38. The van der Waals surface area contributed by atoms with E-state index in [1.165, 1.54) is 5.57 Å². The second-order valence-electron chi connectivity index (χ2n) is 9.26. The minimum absolute atomic E-state index is 0.115. The van der Waals surface area contributed by atoms with Gasteiger partial charge in [-0.15, -0.1) is 0 Å². The van der Waals surface area contributed by atoms with Crippen LogP contribution in [-0.2, 0) is 4.79 Å². The van der Waals surface area contributed by atoms with Crippen molar-refractivity contribution in [3.63, 3.8) is 0 Å². The molecule has 0 heterocycles. The van der Waals surface area contributed by atoms with Crippen molar-refractivity contribution in [1.82, 2.24) is 0 Å². The molecule has 3 nitrogen and oxygen atoms in total. The van der Waals surface area contributed by atoms with Gasteiger partial charge in [0.2, 0.25) is 0 Å². The third-order valence-corrected chi connectivity index (χ3v) is 8.21. The summed E-state index contributed by atoms with van der Waals surface area (Å²) < 4.78 is 13.4. The molecule has 0 unspecified atom stereocenters. The van der Waals surface area contributed by atoms with Gasteiger partial charge in [0.05, 0.1) is 18.9 Å². The molecule has 4 aliphatic rings. The van der Waals surface area contributed by atoms with Gasteiger partial charge >= 0.3 is 0 Å². The molecule has 24 heavy (non-hydrogen) atoms. The Hall–Kier alpha value is -0.740. The van der Waals surface area contributed by atoms with Crippen molar-refractivity contribution in [2.75, 3.05) is 6.67 Å². The van der Waals surface area contributed by atoms with Crippen LogP contribution >= 0.6 is 0 Å². The van der Waals surface area contributed by atoms with E-state index in [-0.39, 0.29) is 34.4 Å². The third kappa shape index (κ3) is 2.05. The van der Waals surface area contributed by atoms with Crippen LogP contribution in [-0.4, -0.2) is 34.9 Å². The number of carbonyl (C=O) groups is 1. The predicted octanol–water partition coefficient (Wildman–Crippen LogP) is 3.05. The Bertz CT molecular complexity index is 587. The molecule has 3 saturated carbocycles. The predicted molar refractivity (Wildman–Crippen MR) is 89.0 cm³/mol. The van der Waals surface area contributed by atoms with Gasteiger partial charge in [0, 0.05) is 12.3 Å². The lowest BCUT2D eigenvalue weighted by atomic mass is 9.46. The molecular weight excluding hydrogens is 307 g/mol. The molecule has 0 aromatic carbocycles. The van der Waals surface area contributed by atoms with E-state index in [1.807, 2.05) is 6.08 Å². The highest BCUT2D eigenvalue weighted by atomic mass is 19.1.